The zero-order valence-electron chi connectivity index (χ0n) is 20.3. The summed E-state index contributed by atoms with van der Waals surface area (Å²) in [5.41, 5.74) is 1.35. The van der Waals surface area contributed by atoms with Crippen LogP contribution in [0.25, 0.3) is 22.0 Å². The van der Waals surface area contributed by atoms with Crippen molar-refractivity contribution in [2.45, 2.75) is 59.7 Å². The molecule has 2 heterocycles. The van der Waals surface area contributed by atoms with Gasteiger partial charge in [-0.15, -0.1) is 11.3 Å². The molecule has 34 heavy (non-hydrogen) atoms. The number of aromatic nitrogens is 2. The summed E-state index contributed by atoms with van der Waals surface area (Å²) in [5, 5.41) is 0.830. The molecule has 0 spiro atoms. The molecule has 0 saturated heterocycles. The van der Waals surface area contributed by atoms with Crippen molar-refractivity contribution >= 4 is 51.8 Å². The number of pyridine rings is 1. The van der Waals surface area contributed by atoms with E-state index in [0.717, 1.165) is 31.7 Å². The molecule has 0 aliphatic rings. The smallest absolute Gasteiger partial charge is 0.424 e. The van der Waals surface area contributed by atoms with Crippen LogP contribution in [0.15, 0.2) is 42.6 Å². The molecule has 3 aromatic rings. The standard InChI is InChI=1S/C25H28IN3O4S/c1-15-20(28-21(34-15)18-10-8-9-13-27-18)16-11-12-19(17(26)14-16)29(22(30)32-24(2,3)4)23(31)33-25(5,6)7/h8-14H,1-7H3. The van der Waals surface area contributed by atoms with Crippen LogP contribution < -0.4 is 4.90 Å². The number of halogens is 1. The van der Waals surface area contributed by atoms with E-state index in [1.165, 1.54) is 0 Å². The van der Waals surface area contributed by atoms with Crippen molar-refractivity contribution in [3.63, 3.8) is 0 Å². The second-order valence-corrected chi connectivity index (χ2v) is 12.0. The summed E-state index contributed by atoms with van der Waals surface area (Å²) in [6, 6.07) is 11.2. The van der Waals surface area contributed by atoms with Gasteiger partial charge in [-0.1, -0.05) is 12.1 Å². The lowest BCUT2D eigenvalue weighted by molar-refractivity contribution is 0.0430. The summed E-state index contributed by atoms with van der Waals surface area (Å²) in [6.07, 6.45) is 0.148. The minimum absolute atomic E-state index is 0.380. The fourth-order valence-corrected chi connectivity index (χ4v) is 4.65. The van der Waals surface area contributed by atoms with Crippen LogP contribution in [0.1, 0.15) is 46.4 Å². The first kappa shape index (κ1) is 26.1. The first-order chi connectivity index (χ1) is 15.7. The summed E-state index contributed by atoms with van der Waals surface area (Å²) >= 11 is 3.67. The zero-order chi connectivity index (χ0) is 25.3. The van der Waals surface area contributed by atoms with Crippen LogP contribution in [0.5, 0.6) is 0 Å². The number of thiazole rings is 1. The first-order valence-electron chi connectivity index (χ1n) is 10.7. The second-order valence-electron chi connectivity index (χ2n) is 9.60. The molecule has 0 saturated carbocycles. The topological polar surface area (TPSA) is 81.6 Å². The van der Waals surface area contributed by atoms with Crippen molar-refractivity contribution in [2.24, 2.45) is 0 Å². The molecule has 1 aromatic carbocycles. The molecule has 2 aromatic heterocycles. The number of carbonyl (C=O) groups excluding carboxylic acids is 2. The van der Waals surface area contributed by atoms with Gasteiger partial charge in [-0.05, 0) is 95.3 Å². The number of aryl methyl sites for hydroxylation is 1. The fourth-order valence-electron chi connectivity index (χ4n) is 2.98. The van der Waals surface area contributed by atoms with Crippen molar-refractivity contribution in [1.29, 1.82) is 0 Å². The summed E-state index contributed by atoms with van der Waals surface area (Å²) in [4.78, 5) is 37.1. The third kappa shape index (κ3) is 6.53. The monoisotopic (exact) mass is 593 g/mol. The number of carbonyl (C=O) groups is 2. The molecule has 9 heteroatoms. The molecule has 0 radical (unpaired) electrons. The molecule has 0 fully saturated rings. The highest BCUT2D eigenvalue weighted by Gasteiger charge is 2.34. The van der Waals surface area contributed by atoms with E-state index >= 15 is 0 Å². The van der Waals surface area contributed by atoms with Crippen LogP contribution in [0.3, 0.4) is 0 Å². The third-order valence-corrected chi connectivity index (χ3v) is 6.15. The lowest BCUT2D eigenvalue weighted by Crippen LogP contribution is -2.44. The third-order valence-electron chi connectivity index (χ3n) is 4.29. The SMILES string of the molecule is Cc1sc(-c2ccccn2)nc1-c1ccc(N(C(=O)OC(C)(C)C)C(=O)OC(C)(C)C)c(I)c1. The fraction of sp³-hybridized carbons (Fsp3) is 0.360. The van der Waals surface area contributed by atoms with Gasteiger partial charge in [0.05, 0.1) is 17.1 Å². The number of imide groups is 1. The first-order valence-corrected chi connectivity index (χ1v) is 12.6. The number of nitrogens with zero attached hydrogens (tertiary/aromatic N) is 3. The number of rotatable bonds is 3. The molecule has 180 valence electrons. The molecule has 0 aliphatic carbocycles. The van der Waals surface area contributed by atoms with Crippen molar-refractivity contribution < 1.29 is 19.1 Å². The zero-order valence-corrected chi connectivity index (χ0v) is 23.3. The van der Waals surface area contributed by atoms with E-state index in [-0.39, 0.29) is 0 Å². The van der Waals surface area contributed by atoms with E-state index in [4.69, 9.17) is 14.5 Å². The number of anilines is 1. The lowest BCUT2D eigenvalue weighted by Gasteiger charge is -2.29. The maximum Gasteiger partial charge on any atom is 0.424 e. The predicted molar refractivity (Wildman–Crippen MR) is 143 cm³/mol. The maximum absolute atomic E-state index is 13.0. The van der Waals surface area contributed by atoms with Crippen LogP contribution in [0.2, 0.25) is 0 Å². The van der Waals surface area contributed by atoms with E-state index in [2.05, 4.69) is 27.6 Å². The van der Waals surface area contributed by atoms with Gasteiger partial charge >= 0.3 is 12.2 Å². The Kier molecular flexibility index (Phi) is 7.66. The van der Waals surface area contributed by atoms with Gasteiger partial charge in [0.25, 0.3) is 0 Å². The second kappa shape index (κ2) is 9.99. The van der Waals surface area contributed by atoms with Crippen LogP contribution in [0, 0.1) is 10.5 Å². The molecule has 0 unspecified atom stereocenters. The normalized spacial score (nSPS) is 11.8. The summed E-state index contributed by atoms with van der Waals surface area (Å²) in [7, 11) is 0. The molecule has 0 bridgehead atoms. The highest BCUT2D eigenvalue weighted by atomic mass is 127. The molecule has 0 N–H and O–H groups in total. The number of amides is 2. The van der Waals surface area contributed by atoms with Crippen LogP contribution >= 0.6 is 33.9 Å². The van der Waals surface area contributed by atoms with Gasteiger partial charge < -0.3 is 9.47 Å². The Labute approximate surface area is 217 Å². The Morgan fingerprint density at radius 1 is 0.971 bits per heavy atom. The van der Waals surface area contributed by atoms with Gasteiger partial charge in [0.1, 0.15) is 16.2 Å². The van der Waals surface area contributed by atoms with Crippen LogP contribution in [-0.2, 0) is 9.47 Å². The van der Waals surface area contributed by atoms with E-state index in [1.54, 1.807) is 65.1 Å². The summed E-state index contributed by atoms with van der Waals surface area (Å²) in [6.45, 7) is 12.5. The average molecular weight is 593 g/mol. The molecular weight excluding hydrogens is 565 g/mol. The minimum atomic E-state index is -0.797. The summed E-state index contributed by atoms with van der Waals surface area (Å²) in [5.74, 6) is 0. The van der Waals surface area contributed by atoms with E-state index in [0.29, 0.717) is 9.26 Å². The van der Waals surface area contributed by atoms with Gasteiger partial charge in [0, 0.05) is 20.2 Å². The molecular formula is C25H28IN3O4S. The highest BCUT2D eigenvalue weighted by Crippen LogP contribution is 2.35. The quantitative estimate of drug-likeness (QED) is 0.293. The van der Waals surface area contributed by atoms with Crippen LogP contribution in [0.4, 0.5) is 15.3 Å². The lowest BCUT2D eigenvalue weighted by atomic mass is 10.1. The van der Waals surface area contributed by atoms with Crippen molar-refractivity contribution in [3.05, 3.63) is 51.0 Å². The van der Waals surface area contributed by atoms with Crippen molar-refractivity contribution in [3.8, 4) is 22.0 Å². The van der Waals surface area contributed by atoms with Crippen molar-refractivity contribution in [2.75, 3.05) is 4.90 Å². The number of hydrogen-bond donors (Lipinski definition) is 0. The Bertz CT molecular complexity index is 1170. The Morgan fingerprint density at radius 3 is 2.09 bits per heavy atom. The Hall–Kier alpha value is -2.53. The molecule has 3 rings (SSSR count). The van der Waals surface area contributed by atoms with Gasteiger partial charge in [-0.3, -0.25) is 4.98 Å². The Morgan fingerprint density at radius 2 is 1.59 bits per heavy atom. The molecule has 0 aliphatic heterocycles. The minimum Gasteiger partial charge on any atom is -0.443 e. The van der Waals surface area contributed by atoms with Gasteiger partial charge in [-0.25, -0.2) is 14.6 Å². The van der Waals surface area contributed by atoms with Gasteiger partial charge in [0.15, 0.2) is 0 Å². The van der Waals surface area contributed by atoms with E-state index in [1.807, 2.05) is 37.3 Å². The highest BCUT2D eigenvalue weighted by molar-refractivity contribution is 14.1. The maximum atomic E-state index is 13.0. The van der Waals surface area contributed by atoms with E-state index in [9.17, 15) is 9.59 Å². The molecule has 2 amide bonds. The largest absolute Gasteiger partial charge is 0.443 e. The Balaban J connectivity index is 2.00. The number of hydrogen-bond acceptors (Lipinski definition) is 7. The average Bonchev–Trinajstić information content (AvgIpc) is 3.09. The summed E-state index contributed by atoms with van der Waals surface area (Å²) < 4.78 is 11.7. The number of ether oxygens (including phenoxy) is 2. The molecule has 7 nitrogen and oxygen atoms in total. The van der Waals surface area contributed by atoms with Gasteiger partial charge in [-0.2, -0.15) is 4.90 Å². The predicted octanol–water partition coefficient (Wildman–Crippen LogP) is 7.46. The van der Waals surface area contributed by atoms with E-state index < -0.39 is 23.4 Å². The van der Waals surface area contributed by atoms with Crippen molar-refractivity contribution in [1.82, 2.24) is 9.97 Å². The molecule has 0 atom stereocenters. The van der Waals surface area contributed by atoms with Gasteiger partial charge in [0.2, 0.25) is 0 Å². The number of benzene rings is 1. The van der Waals surface area contributed by atoms with Crippen LogP contribution in [-0.4, -0.2) is 33.4 Å².